The molecule has 0 radical (unpaired) electrons. The van der Waals surface area contributed by atoms with E-state index in [1.165, 1.54) is 16.7 Å². The van der Waals surface area contributed by atoms with Gasteiger partial charge in [0, 0.05) is 11.9 Å². The summed E-state index contributed by atoms with van der Waals surface area (Å²) >= 11 is 0. The smallest absolute Gasteiger partial charge is 0.0346 e. The lowest BCUT2D eigenvalue weighted by atomic mass is 10.1. The van der Waals surface area contributed by atoms with E-state index in [2.05, 4.69) is 50.0 Å². The maximum absolute atomic E-state index is 4.42. The topological polar surface area (TPSA) is 12.4 Å². The number of hydrogen-bond donors (Lipinski definition) is 0. The van der Waals surface area contributed by atoms with Crippen LogP contribution in [-0.2, 0) is 0 Å². The molecule has 0 aliphatic carbocycles. The van der Waals surface area contributed by atoms with E-state index in [1.54, 1.807) is 0 Å². The normalized spacial score (nSPS) is 12.4. The van der Waals surface area contributed by atoms with Crippen LogP contribution < -0.4 is 0 Å². The van der Waals surface area contributed by atoms with Gasteiger partial charge in [0.05, 0.1) is 0 Å². The summed E-state index contributed by atoms with van der Waals surface area (Å²) in [5.41, 5.74) is 4.84. The summed E-state index contributed by atoms with van der Waals surface area (Å²) in [6.07, 6.45) is 5.11. The molecule has 0 saturated heterocycles. The van der Waals surface area contributed by atoms with Crippen LogP contribution in [0.3, 0.4) is 0 Å². The van der Waals surface area contributed by atoms with Crippen molar-refractivity contribution in [1.82, 2.24) is 0 Å². The van der Waals surface area contributed by atoms with Gasteiger partial charge >= 0.3 is 0 Å². The lowest BCUT2D eigenvalue weighted by Gasteiger charge is -2.01. The summed E-state index contributed by atoms with van der Waals surface area (Å²) in [4.78, 5) is 4.42. The first-order valence-electron chi connectivity index (χ1n) is 5.41. The standard InChI is InChI=1S/C14H19N/c1-5-6-13(4)15-10-14-9-11(2)7-8-12(14)3/h6-10H,5H2,1-4H3/b13-6+,15-10?. The minimum Gasteiger partial charge on any atom is -0.261 e. The zero-order chi connectivity index (χ0) is 11.3. The van der Waals surface area contributed by atoms with Gasteiger partial charge < -0.3 is 0 Å². The molecule has 0 saturated carbocycles. The molecule has 0 fully saturated rings. The highest BCUT2D eigenvalue weighted by atomic mass is 14.7. The average molecular weight is 201 g/mol. The Kier molecular flexibility index (Phi) is 4.29. The maximum Gasteiger partial charge on any atom is 0.0346 e. The molecule has 0 atom stereocenters. The lowest BCUT2D eigenvalue weighted by Crippen LogP contribution is -1.88. The molecule has 1 nitrogen and oxygen atoms in total. The Hall–Kier alpha value is -1.37. The predicted molar refractivity (Wildman–Crippen MR) is 67.6 cm³/mol. The van der Waals surface area contributed by atoms with Crippen LogP contribution in [0.5, 0.6) is 0 Å². The van der Waals surface area contributed by atoms with Crippen molar-refractivity contribution < 1.29 is 0 Å². The SMILES string of the molecule is CC/C=C(\C)N=Cc1cc(C)ccc1C. The van der Waals surface area contributed by atoms with E-state index in [0.29, 0.717) is 0 Å². The molecule has 0 aliphatic rings. The van der Waals surface area contributed by atoms with E-state index >= 15 is 0 Å². The monoisotopic (exact) mass is 201 g/mol. The first kappa shape index (κ1) is 11.7. The maximum atomic E-state index is 4.42. The summed E-state index contributed by atoms with van der Waals surface area (Å²) in [7, 11) is 0. The van der Waals surface area contributed by atoms with Gasteiger partial charge in [0.1, 0.15) is 0 Å². The van der Waals surface area contributed by atoms with Crippen LogP contribution in [0, 0.1) is 13.8 Å². The van der Waals surface area contributed by atoms with E-state index in [9.17, 15) is 0 Å². The highest BCUT2D eigenvalue weighted by molar-refractivity contribution is 5.82. The van der Waals surface area contributed by atoms with Gasteiger partial charge in [0.25, 0.3) is 0 Å². The van der Waals surface area contributed by atoms with Crippen LogP contribution in [0.1, 0.15) is 37.0 Å². The fourth-order valence-corrected chi connectivity index (χ4v) is 1.42. The third kappa shape index (κ3) is 3.70. The highest BCUT2D eigenvalue weighted by Gasteiger charge is 1.94. The Morgan fingerprint density at radius 3 is 2.73 bits per heavy atom. The number of allylic oxidation sites excluding steroid dienone is 2. The number of nitrogens with zero attached hydrogens (tertiary/aromatic N) is 1. The van der Waals surface area contributed by atoms with E-state index in [0.717, 1.165) is 12.1 Å². The van der Waals surface area contributed by atoms with E-state index < -0.39 is 0 Å². The molecule has 15 heavy (non-hydrogen) atoms. The Balaban J connectivity index is 2.89. The van der Waals surface area contributed by atoms with Crippen LogP contribution in [0.15, 0.2) is 35.0 Å². The molecular weight excluding hydrogens is 182 g/mol. The van der Waals surface area contributed by atoms with Crippen LogP contribution in [0.2, 0.25) is 0 Å². The number of hydrogen-bond acceptors (Lipinski definition) is 1. The minimum atomic E-state index is 1.04. The van der Waals surface area contributed by atoms with Gasteiger partial charge in [-0.25, -0.2) is 0 Å². The first-order valence-corrected chi connectivity index (χ1v) is 5.41. The summed E-state index contributed by atoms with van der Waals surface area (Å²) in [6.45, 7) is 8.37. The van der Waals surface area contributed by atoms with Gasteiger partial charge in [0.2, 0.25) is 0 Å². The van der Waals surface area contributed by atoms with Crippen molar-refractivity contribution in [3.05, 3.63) is 46.7 Å². The average Bonchev–Trinajstić information content (AvgIpc) is 2.20. The first-order chi connectivity index (χ1) is 7.13. The zero-order valence-electron chi connectivity index (χ0n) is 10.0. The summed E-state index contributed by atoms with van der Waals surface area (Å²) in [5, 5.41) is 0. The van der Waals surface area contributed by atoms with Gasteiger partial charge in [-0.05, 0) is 38.3 Å². The van der Waals surface area contributed by atoms with Crippen LogP contribution in [-0.4, -0.2) is 6.21 Å². The summed E-state index contributed by atoms with van der Waals surface area (Å²) in [6, 6.07) is 6.43. The Labute approximate surface area is 92.6 Å². The molecule has 0 aliphatic heterocycles. The second kappa shape index (κ2) is 5.50. The van der Waals surface area contributed by atoms with Crippen molar-refractivity contribution in [2.24, 2.45) is 4.99 Å². The summed E-state index contributed by atoms with van der Waals surface area (Å²) in [5.74, 6) is 0. The Bertz CT molecular complexity index is 386. The van der Waals surface area contributed by atoms with Gasteiger partial charge in [-0.1, -0.05) is 36.8 Å². The number of aryl methyl sites for hydroxylation is 2. The van der Waals surface area contributed by atoms with E-state index in [4.69, 9.17) is 0 Å². The molecule has 1 rings (SSSR count). The molecule has 0 heterocycles. The number of rotatable bonds is 3. The second-order valence-corrected chi connectivity index (χ2v) is 3.87. The molecule has 0 N–H and O–H groups in total. The van der Waals surface area contributed by atoms with Gasteiger partial charge in [-0.2, -0.15) is 0 Å². The predicted octanol–water partition coefficient (Wildman–Crippen LogP) is 4.04. The molecule has 0 aromatic heterocycles. The van der Waals surface area contributed by atoms with Gasteiger partial charge in [-0.15, -0.1) is 0 Å². The zero-order valence-corrected chi connectivity index (χ0v) is 10.0. The van der Waals surface area contributed by atoms with Crippen molar-refractivity contribution in [3.63, 3.8) is 0 Å². The van der Waals surface area contributed by atoms with Gasteiger partial charge in [0.15, 0.2) is 0 Å². The summed E-state index contributed by atoms with van der Waals surface area (Å²) < 4.78 is 0. The van der Waals surface area contributed by atoms with Crippen molar-refractivity contribution in [1.29, 1.82) is 0 Å². The largest absolute Gasteiger partial charge is 0.261 e. The van der Waals surface area contributed by atoms with Crippen molar-refractivity contribution in [2.45, 2.75) is 34.1 Å². The lowest BCUT2D eigenvalue weighted by molar-refractivity contribution is 1.16. The van der Waals surface area contributed by atoms with Crippen LogP contribution in [0.25, 0.3) is 0 Å². The van der Waals surface area contributed by atoms with Crippen molar-refractivity contribution in [3.8, 4) is 0 Å². The number of aliphatic imine (C=N–C) groups is 1. The second-order valence-electron chi connectivity index (χ2n) is 3.87. The molecule has 0 amide bonds. The third-order valence-corrected chi connectivity index (χ3v) is 2.34. The third-order valence-electron chi connectivity index (χ3n) is 2.34. The van der Waals surface area contributed by atoms with E-state index in [1.807, 2.05) is 13.1 Å². The fourth-order valence-electron chi connectivity index (χ4n) is 1.42. The van der Waals surface area contributed by atoms with Crippen LogP contribution in [0.4, 0.5) is 0 Å². The molecule has 1 aromatic rings. The molecule has 0 spiro atoms. The molecule has 1 aromatic carbocycles. The highest BCUT2D eigenvalue weighted by Crippen LogP contribution is 2.09. The number of benzene rings is 1. The minimum absolute atomic E-state index is 1.04. The molecule has 80 valence electrons. The van der Waals surface area contributed by atoms with Gasteiger partial charge in [-0.3, -0.25) is 4.99 Å². The molecule has 0 unspecified atom stereocenters. The fraction of sp³-hybridized carbons (Fsp3) is 0.357. The van der Waals surface area contributed by atoms with Crippen molar-refractivity contribution >= 4 is 6.21 Å². The van der Waals surface area contributed by atoms with E-state index in [-0.39, 0.29) is 0 Å². The molecular formula is C14H19N. The Morgan fingerprint density at radius 1 is 1.33 bits per heavy atom. The quantitative estimate of drug-likeness (QED) is 0.654. The van der Waals surface area contributed by atoms with Crippen molar-refractivity contribution in [2.75, 3.05) is 0 Å². The molecule has 0 bridgehead atoms. The molecule has 1 heteroatoms. The Morgan fingerprint density at radius 2 is 2.07 bits per heavy atom. The van der Waals surface area contributed by atoms with Crippen LogP contribution >= 0.6 is 0 Å².